The van der Waals surface area contributed by atoms with Crippen LogP contribution in [0.5, 0.6) is 0 Å². The van der Waals surface area contributed by atoms with Crippen molar-refractivity contribution in [1.29, 1.82) is 0 Å². The summed E-state index contributed by atoms with van der Waals surface area (Å²) in [5.41, 5.74) is 5.91. The third-order valence-electron chi connectivity index (χ3n) is 0.531. The van der Waals surface area contributed by atoms with Crippen molar-refractivity contribution in [3.05, 3.63) is 24.4 Å². The summed E-state index contributed by atoms with van der Waals surface area (Å²) in [6.07, 6.45) is 4.62. The van der Waals surface area contributed by atoms with Gasteiger partial charge in [-0.1, -0.05) is 12.2 Å². The molecule has 0 aromatic heterocycles. The van der Waals surface area contributed by atoms with E-state index in [1.54, 1.807) is 12.3 Å². The smallest absolute Gasteiger partial charge is 0.0852 e. The van der Waals surface area contributed by atoms with E-state index in [1.165, 1.54) is 6.34 Å². The molecule has 2 heteroatoms. The van der Waals surface area contributed by atoms with Gasteiger partial charge in [-0.2, -0.15) is 0 Å². The molecule has 0 aliphatic carbocycles. The summed E-state index contributed by atoms with van der Waals surface area (Å²) in [4.78, 5) is 3.62. The summed E-state index contributed by atoms with van der Waals surface area (Å²) in [5, 5.41) is 0. The van der Waals surface area contributed by atoms with Crippen molar-refractivity contribution < 1.29 is 0 Å². The molecule has 0 aliphatic rings. The molecular weight excluding hydrogens is 100 g/mol. The molecule has 0 aliphatic heterocycles. The third kappa shape index (κ3) is 4.95. The Kier molecular flexibility index (Phi) is 3.58. The van der Waals surface area contributed by atoms with Gasteiger partial charge in [0.25, 0.3) is 0 Å². The summed E-state index contributed by atoms with van der Waals surface area (Å²) in [6, 6.07) is 0. The lowest BCUT2D eigenvalue weighted by atomic mass is 10.3. The highest BCUT2D eigenvalue weighted by atomic mass is 14.8. The Morgan fingerprint density at radius 2 is 2.38 bits per heavy atom. The lowest BCUT2D eigenvalue weighted by molar-refractivity contribution is 1.49. The lowest BCUT2D eigenvalue weighted by Crippen LogP contribution is -1.85. The van der Waals surface area contributed by atoms with Crippen LogP contribution < -0.4 is 5.73 Å². The Morgan fingerprint density at radius 1 is 1.75 bits per heavy atom. The molecule has 0 fully saturated rings. The first-order chi connectivity index (χ1) is 3.77. The Hall–Kier alpha value is -1.05. The fraction of sp³-hybridized carbons (Fsp3) is 0.167. The first-order valence-corrected chi connectivity index (χ1v) is 2.33. The number of hydrogen-bond donors (Lipinski definition) is 1. The zero-order valence-corrected chi connectivity index (χ0v) is 4.96. The van der Waals surface area contributed by atoms with E-state index in [0.29, 0.717) is 0 Å². The largest absolute Gasteiger partial charge is 0.390 e. The van der Waals surface area contributed by atoms with E-state index in [2.05, 4.69) is 11.6 Å². The van der Waals surface area contributed by atoms with Gasteiger partial charge in [0.2, 0.25) is 0 Å². The number of nitrogens with two attached hydrogens (primary N) is 1. The maximum Gasteiger partial charge on any atom is 0.0852 e. The molecule has 0 spiro atoms. The molecule has 8 heavy (non-hydrogen) atoms. The Bertz CT molecular complexity index is 122. The SMILES string of the molecule is C=C(C)/C=C\N=CN. The van der Waals surface area contributed by atoms with E-state index in [-0.39, 0.29) is 0 Å². The second kappa shape index (κ2) is 4.12. The molecule has 44 valence electrons. The van der Waals surface area contributed by atoms with Crippen molar-refractivity contribution in [3.8, 4) is 0 Å². The number of allylic oxidation sites excluding steroid dienone is 2. The molecule has 0 amide bonds. The van der Waals surface area contributed by atoms with Crippen LogP contribution in [0.2, 0.25) is 0 Å². The van der Waals surface area contributed by atoms with E-state index in [0.717, 1.165) is 5.57 Å². The van der Waals surface area contributed by atoms with Gasteiger partial charge >= 0.3 is 0 Å². The van der Waals surface area contributed by atoms with Crippen molar-refractivity contribution >= 4 is 6.34 Å². The molecule has 0 aromatic carbocycles. The van der Waals surface area contributed by atoms with E-state index in [4.69, 9.17) is 5.73 Å². The van der Waals surface area contributed by atoms with Crippen LogP contribution in [-0.4, -0.2) is 6.34 Å². The van der Waals surface area contributed by atoms with Crippen molar-refractivity contribution in [2.24, 2.45) is 10.7 Å². The minimum absolute atomic E-state index is 0.968. The zero-order valence-electron chi connectivity index (χ0n) is 4.96. The minimum atomic E-state index is 0.968. The zero-order chi connectivity index (χ0) is 6.41. The average Bonchev–Trinajstić information content (AvgIpc) is 1.66. The fourth-order valence-corrected chi connectivity index (χ4v) is 0.220. The Morgan fingerprint density at radius 3 is 2.75 bits per heavy atom. The van der Waals surface area contributed by atoms with E-state index >= 15 is 0 Å². The predicted molar refractivity (Wildman–Crippen MR) is 36.6 cm³/mol. The highest BCUT2D eigenvalue weighted by molar-refractivity contribution is 5.52. The molecule has 2 nitrogen and oxygen atoms in total. The summed E-state index contributed by atoms with van der Waals surface area (Å²) in [6.45, 7) is 5.52. The summed E-state index contributed by atoms with van der Waals surface area (Å²) >= 11 is 0. The molecule has 0 atom stereocenters. The maximum absolute atomic E-state index is 4.94. The van der Waals surface area contributed by atoms with Gasteiger partial charge in [0.05, 0.1) is 6.34 Å². The monoisotopic (exact) mass is 110 g/mol. The van der Waals surface area contributed by atoms with Crippen LogP contribution in [0.4, 0.5) is 0 Å². The first-order valence-electron chi connectivity index (χ1n) is 2.33. The predicted octanol–water partition coefficient (Wildman–Crippen LogP) is 1.06. The second-order valence-electron chi connectivity index (χ2n) is 1.46. The van der Waals surface area contributed by atoms with Crippen LogP contribution in [0.1, 0.15) is 6.92 Å². The van der Waals surface area contributed by atoms with Gasteiger partial charge in [0.1, 0.15) is 0 Å². The van der Waals surface area contributed by atoms with Crippen molar-refractivity contribution in [3.63, 3.8) is 0 Å². The van der Waals surface area contributed by atoms with Crippen molar-refractivity contribution in [1.82, 2.24) is 0 Å². The van der Waals surface area contributed by atoms with Crippen molar-refractivity contribution in [2.75, 3.05) is 0 Å². The average molecular weight is 110 g/mol. The molecule has 0 rings (SSSR count). The van der Waals surface area contributed by atoms with Crippen LogP contribution in [0, 0.1) is 0 Å². The molecule has 0 aromatic rings. The molecule has 0 unspecified atom stereocenters. The number of rotatable bonds is 2. The quantitative estimate of drug-likeness (QED) is 0.322. The molecule has 0 saturated carbocycles. The number of hydrogen-bond acceptors (Lipinski definition) is 1. The molecule has 0 saturated heterocycles. The summed E-state index contributed by atoms with van der Waals surface area (Å²) in [5.74, 6) is 0. The number of aliphatic imine (C=N–C) groups is 1. The topological polar surface area (TPSA) is 38.4 Å². The fourth-order valence-electron chi connectivity index (χ4n) is 0.220. The molecule has 2 N–H and O–H groups in total. The maximum atomic E-state index is 4.94. The minimum Gasteiger partial charge on any atom is -0.390 e. The molecule has 0 heterocycles. The van der Waals surface area contributed by atoms with Gasteiger partial charge < -0.3 is 5.73 Å². The third-order valence-corrected chi connectivity index (χ3v) is 0.531. The first kappa shape index (κ1) is 6.95. The number of nitrogens with zero attached hydrogens (tertiary/aromatic N) is 1. The van der Waals surface area contributed by atoms with Gasteiger partial charge in [-0.05, 0) is 13.0 Å². The second-order valence-corrected chi connectivity index (χ2v) is 1.46. The molecule has 0 radical (unpaired) electrons. The van der Waals surface area contributed by atoms with Gasteiger partial charge in [-0.3, -0.25) is 0 Å². The summed E-state index contributed by atoms with van der Waals surface area (Å²) < 4.78 is 0. The van der Waals surface area contributed by atoms with E-state index in [9.17, 15) is 0 Å². The van der Waals surface area contributed by atoms with Gasteiger partial charge in [-0.15, -0.1) is 0 Å². The molecular formula is C6H10N2. The Balaban J connectivity index is 3.50. The lowest BCUT2D eigenvalue weighted by Gasteiger charge is -1.78. The van der Waals surface area contributed by atoms with Crippen LogP contribution in [0.25, 0.3) is 0 Å². The van der Waals surface area contributed by atoms with Gasteiger partial charge in [-0.25, -0.2) is 4.99 Å². The molecule has 0 bridgehead atoms. The normalized spacial score (nSPS) is 11.1. The van der Waals surface area contributed by atoms with Crippen LogP contribution >= 0.6 is 0 Å². The summed E-state index contributed by atoms with van der Waals surface area (Å²) in [7, 11) is 0. The highest BCUT2D eigenvalue weighted by Gasteiger charge is 1.67. The standard InChI is InChI=1S/C6H10N2/c1-6(2)3-4-8-5-7/h3-5H,1H2,2H3,(H2,7,8)/b4-3-. The van der Waals surface area contributed by atoms with E-state index in [1.807, 2.05) is 6.92 Å². The van der Waals surface area contributed by atoms with Gasteiger partial charge in [0, 0.05) is 6.20 Å². The van der Waals surface area contributed by atoms with Gasteiger partial charge in [0.15, 0.2) is 0 Å². The Labute approximate surface area is 49.4 Å². The van der Waals surface area contributed by atoms with Crippen LogP contribution in [-0.2, 0) is 0 Å². The van der Waals surface area contributed by atoms with Crippen LogP contribution in [0.15, 0.2) is 29.4 Å². The van der Waals surface area contributed by atoms with Crippen LogP contribution in [0.3, 0.4) is 0 Å². The van der Waals surface area contributed by atoms with Crippen molar-refractivity contribution in [2.45, 2.75) is 6.92 Å². The highest BCUT2D eigenvalue weighted by Crippen LogP contribution is 1.86. The van der Waals surface area contributed by atoms with E-state index < -0.39 is 0 Å².